The van der Waals surface area contributed by atoms with Gasteiger partial charge in [0.15, 0.2) is 0 Å². The molecule has 0 aromatic heterocycles. The van der Waals surface area contributed by atoms with Crippen molar-refractivity contribution < 1.29 is 8.42 Å². The number of hydrogen-bond donors (Lipinski definition) is 1. The van der Waals surface area contributed by atoms with Gasteiger partial charge in [-0.05, 0) is 38.7 Å². The number of benzene rings is 1. The van der Waals surface area contributed by atoms with Gasteiger partial charge in [-0.3, -0.25) is 0 Å². The van der Waals surface area contributed by atoms with E-state index >= 15 is 0 Å². The monoisotopic (exact) mass is 329 g/mol. The molecule has 0 radical (unpaired) electrons. The van der Waals surface area contributed by atoms with Crippen molar-refractivity contribution in [3.63, 3.8) is 0 Å². The molecule has 0 bridgehead atoms. The molecule has 118 valence electrons. The smallest absolute Gasteiger partial charge is 0.218 e. The molecule has 0 aliphatic carbocycles. The maximum atomic E-state index is 12.3. The van der Waals surface area contributed by atoms with Gasteiger partial charge in [0.05, 0.1) is 5.75 Å². The van der Waals surface area contributed by atoms with Crippen LogP contribution in [0, 0.1) is 0 Å². The molecule has 0 aliphatic heterocycles. The second kappa shape index (κ2) is 7.84. The van der Waals surface area contributed by atoms with Crippen molar-refractivity contribution in [3.8, 4) is 0 Å². The van der Waals surface area contributed by atoms with Crippen molar-refractivity contribution in [2.45, 2.75) is 12.2 Å². The number of nitrogens with two attached hydrogens (primary N) is 1. The second-order valence-corrected chi connectivity index (χ2v) is 7.81. The highest BCUT2D eigenvalue weighted by atomic mass is 32.2. The third-order valence-electron chi connectivity index (χ3n) is 3.11. The van der Waals surface area contributed by atoms with Gasteiger partial charge in [-0.2, -0.15) is 0 Å². The first-order valence-electron chi connectivity index (χ1n) is 6.70. The lowest BCUT2D eigenvalue weighted by atomic mass is 10.1. The molecule has 0 aliphatic rings. The first kappa shape index (κ1) is 18.0. The zero-order valence-corrected chi connectivity index (χ0v) is 14.4. The lowest BCUT2D eigenvalue weighted by molar-refractivity contribution is 0.370. The molecule has 1 rings (SSSR count). The number of thiocarbonyl (C=S) groups is 1. The number of sulfonamides is 1. The van der Waals surface area contributed by atoms with Gasteiger partial charge in [-0.25, -0.2) is 12.7 Å². The fourth-order valence-corrected chi connectivity index (χ4v) is 3.24. The molecule has 1 aromatic rings. The molecule has 0 fully saturated rings. The Labute approximate surface area is 132 Å². The van der Waals surface area contributed by atoms with Crippen molar-refractivity contribution in [1.82, 2.24) is 9.21 Å². The molecule has 0 amide bonds. The zero-order chi connectivity index (χ0) is 16.0. The summed E-state index contributed by atoms with van der Waals surface area (Å²) < 4.78 is 26.0. The Morgan fingerprint density at radius 3 is 2.48 bits per heavy atom. The predicted octanol–water partition coefficient (Wildman–Crippen LogP) is 1.03. The third kappa shape index (κ3) is 6.09. The molecule has 7 heteroatoms. The molecular weight excluding hydrogens is 306 g/mol. The van der Waals surface area contributed by atoms with Gasteiger partial charge < -0.3 is 10.6 Å². The summed E-state index contributed by atoms with van der Waals surface area (Å²) in [6.45, 7) is 1.37. The number of nitrogens with zero attached hydrogens (tertiary/aromatic N) is 2. The maximum absolute atomic E-state index is 12.3. The average Bonchev–Trinajstić information content (AvgIpc) is 2.37. The topological polar surface area (TPSA) is 66.6 Å². The third-order valence-corrected chi connectivity index (χ3v) is 5.18. The van der Waals surface area contributed by atoms with Crippen molar-refractivity contribution >= 4 is 27.2 Å². The molecule has 2 N–H and O–H groups in total. The van der Waals surface area contributed by atoms with Gasteiger partial charge in [-0.15, -0.1) is 0 Å². The van der Waals surface area contributed by atoms with E-state index in [9.17, 15) is 8.42 Å². The lowest BCUT2D eigenvalue weighted by Gasteiger charge is -2.18. The highest BCUT2D eigenvalue weighted by Crippen LogP contribution is 2.12. The molecule has 21 heavy (non-hydrogen) atoms. The van der Waals surface area contributed by atoms with Crippen LogP contribution in [0.15, 0.2) is 24.3 Å². The summed E-state index contributed by atoms with van der Waals surface area (Å²) >= 11 is 4.91. The van der Waals surface area contributed by atoms with Crippen LogP contribution in [0.3, 0.4) is 0 Å². The summed E-state index contributed by atoms with van der Waals surface area (Å²) in [5.41, 5.74) is 6.95. The highest BCUT2D eigenvalue weighted by Gasteiger charge is 2.18. The van der Waals surface area contributed by atoms with Gasteiger partial charge in [0.25, 0.3) is 0 Å². The molecule has 0 saturated heterocycles. The molecule has 5 nitrogen and oxygen atoms in total. The Kier molecular flexibility index (Phi) is 6.73. The van der Waals surface area contributed by atoms with E-state index in [4.69, 9.17) is 18.0 Å². The van der Waals surface area contributed by atoms with Crippen LogP contribution in [0.2, 0.25) is 0 Å². The normalized spacial score (nSPS) is 12.0. The van der Waals surface area contributed by atoms with E-state index in [0.29, 0.717) is 17.7 Å². The van der Waals surface area contributed by atoms with Crippen molar-refractivity contribution in [3.05, 3.63) is 35.4 Å². The summed E-state index contributed by atoms with van der Waals surface area (Å²) in [6.07, 6.45) is 0.801. The Balaban J connectivity index is 2.71. The van der Waals surface area contributed by atoms with Crippen molar-refractivity contribution in [2.24, 2.45) is 5.73 Å². The van der Waals surface area contributed by atoms with Crippen LogP contribution in [0.4, 0.5) is 0 Å². The Morgan fingerprint density at radius 1 is 1.24 bits per heavy atom. The van der Waals surface area contributed by atoms with Crippen LogP contribution in [-0.4, -0.2) is 56.8 Å². The van der Waals surface area contributed by atoms with Crippen LogP contribution in [0.25, 0.3) is 0 Å². The van der Waals surface area contributed by atoms with Crippen LogP contribution in [0.1, 0.15) is 17.5 Å². The van der Waals surface area contributed by atoms with Gasteiger partial charge >= 0.3 is 0 Å². The Hall–Kier alpha value is -1.02. The SMILES string of the molecule is CN(C)CCCN(C)S(=O)(=O)Cc1cccc(C(N)=S)c1. The fourth-order valence-electron chi connectivity index (χ4n) is 1.88. The van der Waals surface area contributed by atoms with E-state index in [0.717, 1.165) is 13.0 Å². The van der Waals surface area contributed by atoms with Gasteiger partial charge in [0, 0.05) is 19.2 Å². The first-order valence-corrected chi connectivity index (χ1v) is 8.71. The molecule has 0 heterocycles. The molecule has 0 saturated carbocycles. The fraction of sp³-hybridized carbons (Fsp3) is 0.500. The Bertz CT molecular complexity index is 586. The first-order chi connectivity index (χ1) is 9.72. The van der Waals surface area contributed by atoms with Crippen molar-refractivity contribution in [2.75, 3.05) is 34.2 Å². The minimum Gasteiger partial charge on any atom is -0.389 e. The molecule has 1 aromatic carbocycles. The van der Waals surface area contributed by atoms with Crippen molar-refractivity contribution in [1.29, 1.82) is 0 Å². The van der Waals surface area contributed by atoms with Gasteiger partial charge in [-0.1, -0.05) is 30.4 Å². The second-order valence-electron chi connectivity index (χ2n) is 5.30. The van der Waals surface area contributed by atoms with E-state index in [1.807, 2.05) is 19.0 Å². The van der Waals surface area contributed by atoms with E-state index < -0.39 is 10.0 Å². The molecule has 0 atom stereocenters. The largest absolute Gasteiger partial charge is 0.389 e. The summed E-state index contributed by atoms with van der Waals surface area (Å²) in [6, 6.07) is 7.05. The van der Waals surface area contributed by atoms with E-state index in [2.05, 4.69) is 0 Å². The standard InChI is InChI=1S/C14H23N3O2S2/c1-16(2)8-5-9-17(3)21(18,19)11-12-6-4-7-13(10-12)14(15)20/h4,6-7,10H,5,8-9,11H2,1-3H3,(H2,15,20). The van der Waals surface area contributed by atoms with Crippen LogP contribution in [-0.2, 0) is 15.8 Å². The van der Waals surface area contributed by atoms with Gasteiger partial charge in [0.2, 0.25) is 10.0 Å². The van der Waals surface area contributed by atoms with Crippen LogP contribution >= 0.6 is 12.2 Å². The minimum absolute atomic E-state index is 0.0398. The minimum atomic E-state index is -3.32. The lowest BCUT2D eigenvalue weighted by Crippen LogP contribution is -2.31. The Morgan fingerprint density at radius 2 is 1.90 bits per heavy atom. The summed E-state index contributed by atoms with van der Waals surface area (Å²) in [7, 11) is 2.23. The average molecular weight is 329 g/mol. The maximum Gasteiger partial charge on any atom is 0.218 e. The quantitative estimate of drug-likeness (QED) is 0.722. The summed E-state index contributed by atoms with van der Waals surface area (Å²) in [4.78, 5) is 2.31. The van der Waals surface area contributed by atoms with E-state index in [-0.39, 0.29) is 10.7 Å². The summed E-state index contributed by atoms with van der Waals surface area (Å²) in [5, 5.41) is 0. The van der Waals surface area contributed by atoms with Crippen LogP contribution in [0.5, 0.6) is 0 Å². The number of hydrogen-bond acceptors (Lipinski definition) is 4. The number of rotatable bonds is 8. The zero-order valence-electron chi connectivity index (χ0n) is 12.7. The molecule has 0 unspecified atom stereocenters. The predicted molar refractivity (Wildman–Crippen MR) is 90.8 cm³/mol. The summed E-state index contributed by atoms with van der Waals surface area (Å²) in [5.74, 6) is -0.0398. The molecular formula is C14H23N3O2S2. The molecule has 0 spiro atoms. The van der Waals surface area contributed by atoms with E-state index in [1.165, 1.54) is 4.31 Å². The highest BCUT2D eigenvalue weighted by molar-refractivity contribution is 7.88. The van der Waals surface area contributed by atoms with Crippen LogP contribution < -0.4 is 5.73 Å². The van der Waals surface area contributed by atoms with Gasteiger partial charge in [0.1, 0.15) is 4.99 Å². The van der Waals surface area contributed by atoms with E-state index in [1.54, 1.807) is 31.3 Å².